The first-order chi connectivity index (χ1) is 9.78. The average molecular weight is 303 g/mol. The van der Waals surface area contributed by atoms with Gasteiger partial charge in [0.1, 0.15) is 6.61 Å². The molecule has 5 heteroatoms. The highest BCUT2D eigenvalue weighted by Gasteiger charge is 2.28. The molecule has 0 aliphatic rings. The van der Waals surface area contributed by atoms with E-state index in [1.54, 1.807) is 0 Å². The molecule has 1 rings (SSSR count). The minimum Gasteiger partial charge on any atom is -0.372 e. The second-order valence-electron chi connectivity index (χ2n) is 5.69. The Morgan fingerprint density at radius 3 is 2.43 bits per heavy atom. The highest BCUT2D eigenvalue weighted by atomic mass is 19.4. The fourth-order valence-corrected chi connectivity index (χ4v) is 2.08. The average Bonchev–Trinajstić information content (AvgIpc) is 2.36. The first-order valence-electron chi connectivity index (χ1n) is 7.20. The van der Waals surface area contributed by atoms with Crippen LogP contribution < -0.4 is 5.32 Å². The lowest BCUT2D eigenvalue weighted by Gasteiger charge is -2.21. The molecule has 0 heterocycles. The smallest absolute Gasteiger partial charge is 0.372 e. The standard InChI is InChI=1S/C16H24F3NO/c1-12(2)20-9-14(10-21-11-16(17,18)19)8-15-7-5-4-6-13(15)3/h4-7,12,14,20H,8-11H2,1-3H3. The Morgan fingerprint density at radius 1 is 1.19 bits per heavy atom. The Labute approximate surface area is 124 Å². The molecule has 1 atom stereocenters. The molecule has 0 fully saturated rings. The Morgan fingerprint density at radius 2 is 1.86 bits per heavy atom. The van der Waals surface area contributed by atoms with Crippen LogP contribution >= 0.6 is 0 Å². The summed E-state index contributed by atoms with van der Waals surface area (Å²) in [6.45, 7) is 5.61. The van der Waals surface area contributed by atoms with Crippen molar-refractivity contribution in [3.8, 4) is 0 Å². The highest BCUT2D eigenvalue weighted by Crippen LogP contribution is 2.17. The molecule has 1 unspecified atom stereocenters. The summed E-state index contributed by atoms with van der Waals surface area (Å²) >= 11 is 0. The van der Waals surface area contributed by atoms with E-state index in [1.807, 2.05) is 45.0 Å². The van der Waals surface area contributed by atoms with Crippen LogP contribution in [0.1, 0.15) is 25.0 Å². The van der Waals surface area contributed by atoms with Gasteiger partial charge in [-0.2, -0.15) is 13.2 Å². The first kappa shape index (κ1) is 18.0. The van der Waals surface area contributed by atoms with Crippen LogP contribution in [0.2, 0.25) is 0 Å². The number of ether oxygens (including phenoxy) is 1. The van der Waals surface area contributed by atoms with Crippen molar-refractivity contribution in [3.63, 3.8) is 0 Å². The quantitative estimate of drug-likeness (QED) is 0.790. The Hall–Kier alpha value is -1.07. The number of hydrogen-bond donors (Lipinski definition) is 1. The van der Waals surface area contributed by atoms with Gasteiger partial charge >= 0.3 is 6.18 Å². The van der Waals surface area contributed by atoms with Crippen LogP contribution in [0.5, 0.6) is 0 Å². The van der Waals surface area contributed by atoms with Gasteiger partial charge in [-0.05, 0) is 30.4 Å². The van der Waals surface area contributed by atoms with Crippen LogP contribution in [0, 0.1) is 12.8 Å². The molecular weight excluding hydrogens is 279 g/mol. The van der Waals surface area contributed by atoms with Crippen LogP contribution in [0.25, 0.3) is 0 Å². The van der Waals surface area contributed by atoms with Crippen molar-refractivity contribution < 1.29 is 17.9 Å². The van der Waals surface area contributed by atoms with Gasteiger partial charge in [-0.15, -0.1) is 0 Å². The Balaban J connectivity index is 2.57. The third-order valence-electron chi connectivity index (χ3n) is 3.20. The number of aryl methyl sites for hydroxylation is 1. The molecular formula is C16H24F3NO. The van der Waals surface area contributed by atoms with E-state index in [4.69, 9.17) is 4.74 Å². The molecule has 0 saturated heterocycles. The molecule has 0 aliphatic heterocycles. The number of nitrogens with one attached hydrogen (secondary N) is 1. The Bertz CT molecular complexity index is 418. The van der Waals surface area contributed by atoms with Crippen LogP contribution in [0.15, 0.2) is 24.3 Å². The van der Waals surface area contributed by atoms with E-state index in [2.05, 4.69) is 5.32 Å². The van der Waals surface area contributed by atoms with Crippen molar-refractivity contribution in [2.24, 2.45) is 5.92 Å². The lowest BCUT2D eigenvalue weighted by molar-refractivity contribution is -0.176. The van der Waals surface area contributed by atoms with Crippen molar-refractivity contribution in [1.29, 1.82) is 0 Å². The van der Waals surface area contributed by atoms with Crippen molar-refractivity contribution in [2.45, 2.75) is 39.4 Å². The zero-order valence-electron chi connectivity index (χ0n) is 12.8. The summed E-state index contributed by atoms with van der Waals surface area (Å²) < 4.78 is 41.4. The monoisotopic (exact) mass is 303 g/mol. The minimum absolute atomic E-state index is 0.0239. The van der Waals surface area contributed by atoms with Gasteiger partial charge in [0.2, 0.25) is 0 Å². The fourth-order valence-electron chi connectivity index (χ4n) is 2.08. The van der Waals surface area contributed by atoms with Gasteiger partial charge < -0.3 is 10.1 Å². The van der Waals surface area contributed by atoms with E-state index in [9.17, 15) is 13.2 Å². The van der Waals surface area contributed by atoms with E-state index in [-0.39, 0.29) is 12.5 Å². The SMILES string of the molecule is Cc1ccccc1CC(CNC(C)C)COCC(F)(F)F. The third kappa shape index (κ3) is 8.07. The van der Waals surface area contributed by atoms with Crippen molar-refractivity contribution in [3.05, 3.63) is 35.4 Å². The first-order valence-corrected chi connectivity index (χ1v) is 7.20. The van der Waals surface area contributed by atoms with Crippen LogP contribution in [-0.4, -0.2) is 32.0 Å². The maximum absolute atomic E-state index is 12.2. The lowest BCUT2D eigenvalue weighted by Crippen LogP contribution is -2.33. The zero-order valence-corrected chi connectivity index (χ0v) is 12.8. The van der Waals surface area contributed by atoms with Crippen molar-refractivity contribution in [1.82, 2.24) is 5.32 Å². The van der Waals surface area contributed by atoms with Gasteiger partial charge in [0, 0.05) is 12.6 Å². The molecule has 21 heavy (non-hydrogen) atoms. The Kier molecular flexibility index (Phi) is 7.18. The largest absolute Gasteiger partial charge is 0.411 e. The predicted octanol–water partition coefficient (Wildman–Crippen LogP) is 3.73. The van der Waals surface area contributed by atoms with E-state index in [0.717, 1.165) is 11.1 Å². The molecule has 0 aliphatic carbocycles. The minimum atomic E-state index is -4.27. The normalized spacial score (nSPS) is 13.7. The molecule has 0 aromatic heterocycles. The molecule has 1 aromatic rings. The van der Waals surface area contributed by atoms with E-state index in [1.165, 1.54) is 0 Å². The van der Waals surface area contributed by atoms with Gasteiger partial charge in [0.05, 0.1) is 6.61 Å². The highest BCUT2D eigenvalue weighted by molar-refractivity contribution is 5.25. The molecule has 120 valence electrons. The summed E-state index contributed by atoms with van der Waals surface area (Å²) in [5, 5.41) is 3.27. The number of benzene rings is 1. The van der Waals surface area contributed by atoms with Gasteiger partial charge in [0.25, 0.3) is 0 Å². The molecule has 0 saturated carbocycles. The summed E-state index contributed by atoms with van der Waals surface area (Å²) in [6.07, 6.45) is -3.55. The van der Waals surface area contributed by atoms with Crippen LogP contribution in [0.4, 0.5) is 13.2 Å². The second-order valence-corrected chi connectivity index (χ2v) is 5.69. The molecule has 1 aromatic carbocycles. The maximum Gasteiger partial charge on any atom is 0.411 e. The maximum atomic E-state index is 12.2. The number of hydrogen-bond acceptors (Lipinski definition) is 2. The fraction of sp³-hybridized carbons (Fsp3) is 0.625. The van der Waals surface area contributed by atoms with E-state index in [0.29, 0.717) is 19.0 Å². The molecule has 1 N–H and O–H groups in total. The molecule has 0 bridgehead atoms. The molecule has 0 amide bonds. The molecule has 0 spiro atoms. The number of rotatable bonds is 8. The summed E-state index contributed by atoms with van der Waals surface area (Å²) in [6, 6.07) is 8.24. The summed E-state index contributed by atoms with van der Waals surface area (Å²) in [7, 11) is 0. The lowest BCUT2D eigenvalue weighted by atomic mass is 9.96. The van der Waals surface area contributed by atoms with Crippen molar-refractivity contribution in [2.75, 3.05) is 19.8 Å². The van der Waals surface area contributed by atoms with E-state index < -0.39 is 12.8 Å². The van der Waals surface area contributed by atoms with Gasteiger partial charge in [-0.3, -0.25) is 0 Å². The number of alkyl halides is 3. The molecule has 2 nitrogen and oxygen atoms in total. The second kappa shape index (κ2) is 8.39. The van der Waals surface area contributed by atoms with Gasteiger partial charge in [-0.25, -0.2) is 0 Å². The summed E-state index contributed by atoms with van der Waals surface area (Å²) in [5.41, 5.74) is 2.31. The number of halogens is 3. The topological polar surface area (TPSA) is 21.3 Å². The van der Waals surface area contributed by atoms with Crippen LogP contribution in [-0.2, 0) is 11.2 Å². The predicted molar refractivity (Wildman–Crippen MR) is 78.4 cm³/mol. The summed E-state index contributed by atoms with van der Waals surface area (Å²) in [4.78, 5) is 0. The van der Waals surface area contributed by atoms with E-state index >= 15 is 0 Å². The summed E-state index contributed by atoms with van der Waals surface area (Å²) in [5.74, 6) is 0.0239. The third-order valence-corrected chi connectivity index (χ3v) is 3.20. The molecule has 0 radical (unpaired) electrons. The van der Waals surface area contributed by atoms with Crippen molar-refractivity contribution >= 4 is 0 Å². The zero-order chi connectivity index (χ0) is 15.9. The van der Waals surface area contributed by atoms with Gasteiger partial charge in [-0.1, -0.05) is 38.1 Å². The van der Waals surface area contributed by atoms with Crippen LogP contribution in [0.3, 0.4) is 0 Å². The van der Waals surface area contributed by atoms with Gasteiger partial charge in [0.15, 0.2) is 0 Å².